The summed E-state index contributed by atoms with van der Waals surface area (Å²) in [6, 6.07) is 8.81. The molecule has 0 radical (unpaired) electrons. The summed E-state index contributed by atoms with van der Waals surface area (Å²) in [5.74, 6) is 0.0530. The molecule has 1 aromatic carbocycles. The largest absolute Gasteiger partial charge is 0.433 e. The molecule has 0 aliphatic carbocycles. The molecule has 8 heteroatoms. The number of hydroxylamine groups is 1. The van der Waals surface area contributed by atoms with Gasteiger partial charge in [-0.2, -0.15) is 18.3 Å². The van der Waals surface area contributed by atoms with Crippen molar-refractivity contribution < 1.29 is 18.0 Å². The van der Waals surface area contributed by atoms with Gasteiger partial charge in [0, 0.05) is 18.3 Å². The van der Waals surface area contributed by atoms with E-state index in [1.807, 2.05) is 30.3 Å². The molecule has 5 nitrogen and oxygen atoms in total. The van der Waals surface area contributed by atoms with Crippen LogP contribution in [0.2, 0.25) is 0 Å². The van der Waals surface area contributed by atoms with Crippen molar-refractivity contribution in [2.45, 2.75) is 39.0 Å². The summed E-state index contributed by atoms with van der Waals surface area (Å²) in [7, 11) is 0. The first-order chi connectivity index (χ1) is 14.4. The van der Waals surface area contributed by atoms with E-state index >= 15 is 0 Å². The molecule has 1 N–H and O–H groups in total. The van der Waals surface area contributed by atoms with Crippen LogP contribution in [0.25, 0.3) is 5.76 Å². The number of aliphatic imine (C=N–C) groups is 1. The third-order valence-corrected chi connectivity index (χ3v) is 4.55. The Morgan fingerprint density at radius 3 is 2.67 bits per heavy atom. The number of hydrogen-bond acceptors (Lipinski definition) is 4. The van der Waals surface area contributed by atoms with Crippen LogP contribution in [0.5, 0.6) is 0 Å². The van der Waals surface area contributed by atoms with Crippen molar-refractivity contribution in [3.63, 3.8) is 0 Å². The highest BCUT2D eigenvalue weighted by Gasteiger charge is 2.42. The van der Waals surface area contributed by atoms with E-state index in [4.69, 9.17) is 4.84 Å². The zero-order valence-electron chi connectivity index (χ0n) is 16.8. The second kappa shape index (κ2) is 9.13. The Bertz CT molecular complexity index is 988. The third-order valence-electron chi connectivity index (χ3n) is 4.55. The molecule has 0 spiro atoms. The zero-order valence-corrected chi connectivity index (χ0v) is 16.8. The molecule has 158 valence electrons. The van der Waals surface area contributed by atoms with Crippen LogP contribution in [0.1, 0.15) is 43.1 Å². The second-order valence-corrected chi connectivity index (χ2v) is 6.61. The molecular weight excluding hydrogens is 393 g/mol. The van der Waals surface area contributed by atoms with Crippen LogP contribution in [-0.4, -0.2) is 16.0 Å². The van der Waals surface area contributed by atoms with Gasteiger partial charge < -0.3 is 4.84 Å². The second-order valence-electron chi connectivity index (χ2n) is 6.61. The average molecular weight is 416 g/mol. The lowest BCUT2D eigenvalue weighted by Crippen LogP contribution is -2.17. The Hall–Kier alpha value is -3.13. The highest BCUT2D eigenvalue weighted by Crippen LogP contribution is 2.43. The van der Waals surface area contributed by atoms with Crippen LogP contribution in [0.4, 0.5) is 13.2 Å². The number of hydrogen-bond donors (Lipinski definition) is 1. The normalized spacial score (nSPS) is 17.6. The number of rotatable bonds is 7. The van der Waals surface area contributed by atoms with Crippen LogP contribution >= 0.6 is 0 Å². The molecule has 0 saturated carbocycles. The Morgan fingerprint density at radius 2 is 2.07 bits per heavy atom. The van der Waals surface area contributed by atoms with Crippen LogP contribution in [-0.2, 0) is 17.6 Å². The fourth-order valence-corrected chi connectivity index (χ4v) is 3.39. The van der Waals surface area contributed by atoms with E-state index in [0.717, 1.165) is 10.2 Å². The number of nitrogens with zero attached hydrogens (tertiary/aromatic N) is 3. The quantitative estimate of drug-likeness (QED) is 0.482. The van der Waals surface area contributed by atoms with E-state index in [1.165, 1.54) is 6.20 Å². The number of nitrogens with one attached hydrogen (secondary N) is 1. The first-order valence-electron chi connectivity index (χ1n) is 9.59. The number of alkyl halides is 3. The van der Waals surface area contributed by atoms with Crippen LogP contribution in [0, 0.1) is 0 Å². The topological polar surface area (TPSA) is 51.4 Å². The average Bonchev–Trinajstić information content (AvgIpc) is 3.32. The van der Waals surface area contributed by atoms with E-state index in [9.17, 15) is 13.2 Å². The van der Waals surface area contributed by atoms with Gasteiger partial charge in [-0.3, -0.25) is 9.67 Å². The maximum atomic E-state index is 13.9. The predicted octanol–water partition coefficient (Wildman–Crippen LogP) is 5.46. The SMILES string of the molecule is C=C/C=C(\N=C/C)C1=C(c2cnn(CCC)c2C(F)(F)F)ONC1c1ccccc1. The van der Waals surface area contributed by atoms with Gasteiger partial charge in [0.05, 0.1) is 23.5 Å². The molecule has 0 saturated heterocycles. The lowest BCUT2D eigenvalue weighted by molar-refractivity contribution is -0.144. The van der Waals surface area contributed by atoms with Gasteiger partial charge in [-0.05, 0) is 25.0 Å². The minimum atomic E-state index is -4.59. The lowest BCUT2D eigenvalue weighted by atomic mass is 9.94. The van der Waals surface area contributed by atoms with Gasteiger partial charge >= 0.3 is 6.18 Å². The summed E-state index contributed by atoms with van der Waals surface area (Å²) in [4.78, 5) is 10.0. The number of allylic oxidation sites excluding steroid dienone is 2. The molecule has 1 atom stereocenters. The van der Waals surface area contributed by atoms with Gasteiger partial charge in [-0.1, -0.05) is 49.9 Å². The van der Waals surface area contributed by atoms with Crippen molar-refractivity contribution in [3.05, 3.63) is 83.4 Å². The molecule has 1 aliphatic rings. The fraction of sp³-hybridized carbons (Fsp3) is 0.273. The fourth-order valence-electron chi connectivity index (χ4n) is 3.39. The van der Waals surface area contributed by atoms with Gasteiger partial charge in [0.2, 0.25) is 0 Å². The van der Waals surface area contributed by atoms with Gasteiger partial charge in [0.25, 0.3) is 0 Å². The van der Waals surface area contributed by atoms with E-state index in [1.54, 1.807) is 32.2 Å². The van der Waals surface area contributed by atoms with Crippen LogP contribution in [0.15, 0.2) is 71.5 Å². The summed E-state index contributed by atoms with van der Waals surface area (Å²) in [6.07, 6.45) is 1.88. The molecule has 0 bridgehead atoms. The van der Waals surface area contributed by atoms with Crippen LogP contribution < -0.4 is 5.48 Å². The van der Waals surface area contributed by atoms with E-state index in [0.29, 0.717) is 17.7 Å². The van der Waals surface area contributed by atoms with Crippen molar-refractivity contribution >= 4 is 12.0 Å². The maximum absolute atomic E-state index is 13.9. The Balaban J connectivity index is 2.27. The van der Waals surface area contributed by atoms with E-state index in [-0.39, 0.29) is 17.9 Å². The summed E-state index contributed by atoms with van der Waals surface area (Å²) in [5, 5.41) is 3.98. The maximum Gasteiger partial charge on any atom is 0.433 e. The van der Waals surface area contributed by atoms with Gasteiger partial charge in [-0.15, -0.1) is 5.48 Å². The van der Waals surface area contributed by atoms with E-state index < -0.39 is 17.9 Å². The molecule has 1 aliphatic heterocycles. The van der Waals surface area contributed by atoms with Crippen molar-refractivity contribution in [3.8, 4) is 0 Å². The Morgan fingerprint density at radius 1 is 1.33 bits per heavy atom. The molecule has 1 unspecified atom stereocenters. The molecule has 30 heavy (non-hydrogen) atoms. The van der Waals surface area contributed by atoms with Gasteiger partial charge in [0.15, 0.2) is 11.5 Å². The van der Waals surface area contributed by atoms with Crippen molar-refractivity contribution in [2.75, 3.05) is 0 Å². The smallest absolute Gasteiger partial charge is 0.407 e. The Labute approximate surface area is 173 Å². The zero-order chi connectivity index (χ0) is 21.7. The van der Waals surface area contributed by atoms with Gasteiger partial charge in [0.1, 0.15) is 0 Å². The molecule has 1 aromatic heterocycles. The minimum Gasteiger partial charge on any atom is -0.407 e. The minimum absolute atomic E-state index is 0.0530. The standard InChI is InChI=1S/C22H23F3N4O/c1-4-10-17(26-6-3)18-19(15-11-8-7-9-12-15)28-30-20(18)16-14-27-29(13-5-2)21(16)22(23,24)25/h4,6-12,14,19,28H,1,5,13H2,2-3H3/b17-10-,26-6-. The third kappa shape index (κ3) is 4.23. The summed E-state index contributed by atoms with van der Waals surface area (Å²) >= 11 is 0. The highest BCUT2D eigenvalue weighted by molar-refractivity contribution is 5.74. The lowest BCUT2D eigenvalue weighted by Gasteiger charge is -2.14. The van der Waals surface area contributed by atoms with Gasteiger partial charge in [-0.25, -0.2) is 0 Å². The number of benzene rings is 1. The van der Waals surface area contributed by atoms with E-state index in [2.05, 4.69) is 22.2 Å². The predicted molar refractivity (Wildman–Crippen MR) is 110 cm³/mol. The van der Waals surface area contributed by atoms with Crippen molar-refractivity contribution in [2.24, 2.45) is 4.99 Å². The number of aromatic nitrogens is 2. The molecule has 0 amide bonds. The molecule has 3 rings (SSSR count). The summed E-state index contributed by atoms with van der Waals surface area (Å²) in [5.41, 5.74) is 3.67. The van der Waals surface area contributed by atoms with Crippen LogP contribution in [0.3, 0.4) is 0 Å². The monoisotopic (exact) mass is 416 g/mol. The van der Waals surface area contributed by atoms with Crippen molar-refractivity contribution in [1.29, 1.82) is 0 Å². The number of aryl methyl sites for hydroxylation is 1. The molecule has 2 aromatic rings. The Kier molecular flexibility index (Phi) is 6.56. The first-order valence-corrected chi connectivity index (χ1v) is 9.59. The summed E-state index contributed by atoms with van der Waals surface area (Å²) < 4.78 is 42.8. The van der Waals surface area contributed by atoms with Crippen molar-refractivity contribution in [1.82, 2.24) is 15.3 Å². The molecule has 2 heterocycles. The first kappa shape index (κ1) is 21.6. The highest BCUT2D eigenvalue weighted by atomic mass is 19.4. The summed E-state index contributed by atoms with van der Waals surface area (Å²) in [6.45, 7) is 7.38. The number of halogens is 3. The molecular formula is C22H23F3N4O. The molecule has 0 fully saturated rings.